The molecule has 4 nitrogen and oxygen atoms in total. The summed E-state index contributed by atoms with van der Waals surface area (Å²) >= 11 is 1.72. The average Bonchev–Trinajstić information content (AvgIpc) is 2.96. The highest BCUT2D eigenvalue weighted by Crippen LogP contribution is 2.26. The number of hydrogen-bond donors (Lipinski definition) is 0. The van der Waals surface area contributed by atoms with Gasteiger partial charge < -0.3 is 4.42 Å². The van der Waals surface area contributed by atoms with Gasteiger partial charge in [0.2, 0.25) is 5.89 Å². The van der Waals surface area contributed by atoms with E-state index in [1.807, 2.05) is 19.1 Å². The second-order valence-corrected chi connectivity index (χ2v) is 6.83. The summed E-state index contributed by atoms with van der Waals surface area (Å²) in [6.07, 6.45) is 4.16. The lowest BCUT2D eigenvalue weighted by molar-refractivity contribution is 0.189. The molecule has 0 unspecified atom stereocenters. The summed E-state index contributed by atoms with van der Waals surface area (Å²) in [6.45, 7) is 4.59. The summed E-state index contributed by atoms with van der Waals surface area (Å²) in [7, 11) is 0. The number of hydrogen-bond acceptors (Lipinski definition) is 5. The average molecular weight is 327 g/mol. The molecule has 1 aliphatic heterocycles. The normalized spacial score (nSPS) is 18.7. The molecule has 1 aliphatic rings. The van der Waals surface area contributed by atoms with Gasteiger partial charge in [0.05, 0.1) is 17.7 Å². The Kier molecular flexibility index (Phi) is 5.04. The van der Waals surface area contributed by atoms with Crippen molar-refractivity contribution in [1.82, 2.24) is 9.88 Å². The predicted octanol–water partition coefficient (Wildman–Crippen LogP) is 4.11. The number of rotatable bonds is 4. The summed E-state index contributed by atoms with van der Waals surface area (Å²) in [4.78, 5) is 8.22. The van der Waals surface area contributed by atoms with Crippen LogP contribution in [0.3, 0.4) is 0 Å². The van der Waals surface area contributed by atoms with Crippen LogP contribution < -0.4 is 0 Å². The fourth-order valence-electron chi connectivity index (χ4n) is 2.95. The molecular formula is C18H21N3OS. The molecule has 0 bridgehead atoms. The van der Waals surface area contributed by atoms with Crippen molar-refractivity contribution in [1.29, 1.82) is 5.26 Å². The Bertz CT molecular complexity index is 702. The Balaban J connectivity index is 1.74. The smallest absolute Gasteiger partial charge is 0.226 e. The number of aryl methyl sites for hydroxylation is 1. The molecule has 120 valence electrons. The van der Waals surface area contributed by atoms with Gasteiger partial charge in [-0.3, -0.25) is 4.90 Å². The minimum atomic E-state index is 0.148. The molecule has 0 N–H and O–H groups in total. The van der Waals surface area contributed by atoms with Gasteiger partial charge in [0.15, 0.2) is 0 Å². The first-order valence-corrected chi connectivity index (χ1v) is 9.14. The molecule has 5 heteroatoms. The Morgan fingerprint density at radius 2 is 2.17 bits per heavy atom. The van der Waals surface area contributed by atoms with Crippen LogP contribution in [0.2, 0.25) is 0 Å². The van der Waals surface area contributed by atoms with Crippen molar-refractivity contribution in [2.75, 3.05) is 19.3 Å². The van der Waals surface area contributed by atoms with Gasteiger partial charge in [0, 0.05) is 23.5 Å². The van der Waals surface area contributed by atoms with Gasteiger partial charge in [0.25, 0.3) is 0 Å². The van der Waals surface area contributed by atoms with Crippen LogP contribution in [0.4, 0.5) is 0 Å². The molecule has 0 spiro atoms. The van der Waals surface area contributed by atoms with E-state index >= 15 is 0 Å². The number of likely N-dealkylation sites (tertiary alicyclic amines) is 1. The van der Waals surface area contributed by atoms with E-state index in [4.69, 9.17) is 9.68 Å². The highest BCUT2D eigenvalue weighted by Gasteiger charge is 2.21. The highest BCUT2D eigenvalue weighted by molar-refractivity contribution is 7.98. The van der Waals surface area contributed by atoms with E-state index in [1.54, 1.807) is 11.8 Å². The summed E-state index contributed by atoms with van der Waals surface area (Å²) < 4.78 is 5.86. The number of nitriles is 1. The molecule has 0 saturated carbocycles. The van der Waals surface area contributed by atoms with Crippen LogP contribution in [0.25, 0.3) is 11.5 Å². The van der Waals surface area contributed by atoms with Crippen LogP contribution in [0.1, 0.15) is 24.3 Å². The first-order valence-electron chi connectivity index (χ1n) is 7.92. The van der Waals surface area contributed by atoms with E-state index < -0.39 is 0 Å². The maximum Gasteiger partial charge on any atom is 0.226 e. The minimum Gasteiger partial charge on any atom is -0.441 e. The van der Waals surface area contributed by atoms with Gasteiger partial charge in [0.1, 0.15) is 5.76 Å². The van der Waals surface area contributed by atoms with Crippen LogP contribution in [0.15, 0.2) is 33.6 Å². The van der Waals surface area contributed by atoms with Gasteiger partial charge >= 0.3 is 0 Å². The van der Waals surface area contributed by atoms with Crippen molar-refractivity contribution in [2.24, 2.45) is 5.92 Å². The van der Waals surface area contributed by atoms with E-state index in [-0.39, 0.29) is 5.92 Å². The summed E-state index contributed by atoms with van der Waals surface area (Å²) in [5.74, 6) is 1.70. The lowest BCUT2D eigenvalue weighted by atomic mass is 9.99. The van der Waals surface area contributed by atoms with Gasteiger partial charge in [-0.05, 0) is 56.8 Å². The number of nitrogens with zero attached hydrogens (tertiary/aromatic N) is 3. The Hall–Kier alpha value is -1.77. The summed E-state index contributed by atoms with van der Waals surface area (Å²) in [6, 6.07) is 10.7. The minimum absolute atomic E-state index is 0.148. The van der Waals surface area contributed by atoms with Crippen molar-refractivity contribution in [3.05, 3.63) is 35.7 Å². The zero-order valence-electron chi connectivity index (χ0n) is 13.6. The van der Waals surface area contributed by atoms with E-state index in [1.165, 1.54) is 4.90 Å². The maximum absolute atomic E-state index is 9.11. The topological polar surface area (TPSA) is 53.1 Å². The van der Waals surface area contributed by atoms with Crippen LogP contribution in [-0.4, -0.2) is 29.2 Å². The van der Waals surface area contributed by atoms with E-state index in [0.717, 1.165) is 49.5 Å². The van der Waals surface area contributed by atoms with Crippen molar-refractivity contribution in [3.63, 3.8) is 0 Å². The molecule has 1 atom stereocenters. The van der Waals surface area contributed by atoms with E-state index in [2.05, 4.69) is 34.3 Å². The Morgan fingerprint density at radius 3 is 2.87 bits per heavy atom. The number of aromatic nitrogens is 1. The number of thioether (sulfide) groups is 1. The Labute approximate surface area is 141 Å². The van der Waals surface area contributed by atoms with Gasteiger partial charge in [-0.25, -0.2) is 4.98 Å². The predicted molar refractivity (Wildman–Crippen MR) is 92.1 cm³/mol. The van der Waals surface area contributed by atoms with E-state index in [9.17, 15) is 0 Å². The molecule has 3 rings (SSSR count). The second-order valence-electron chi connectivity index (χ2n) is 5.95. The van der Waals surface area contributed by atoms with Crippen LogP contribution in [0, 0.1) is 24.2 Å². The van der Waals surface area contributed by atoms with Crippen LogP contribution >= 0.6 is 11.8 Å². The fraction of sp³-hybridized carbons (Fsp3) is 0.444. The molecule has 0 amide bonds. The SMILES string of the molecule is CSc1ccc(-c2nc(CN3CCC[C@@H](C#N)C3)c(C)o2)cc1. The third kappa shape index (κ3) is 3.77. The fourth-order valence-corrected chi connectivity index (χ4v) is 3.36. The lowest BCUT2D eigenvalue weighted by Gasteiger charge is -2.28. The summed E-state index contributed by atoms with van der Waals surface area (Å²) in [5, 5.41) is 9.11. The van der Waals surface area contributed by atoms with Crippen molar-refractivity contribution < 1.29 is 4.42 Å². The molecule has 1 fully saturated rings. The largest absolute Gasteiger partial charge is 0.441 e. The molecule has 0 aliphatic carbocycles. The zero-order valence-corrected chi connectivity index (χ0v) is 14.4. The standard InChI is InChI=1S/C18H21N3OS/c1-13-17(12-21-9-3-4-14(10-19)11-21)20-18(22-13)15-5-7-16(23-2)8-6-15/h5-8,14H,3-4,9,11-12H2,1-2H3/t14-/m0/s1. The maximum atomic E-state index is 9.11. The molecule has 2 heterocycles. The lowest BCUT2D eigenvalue weighted by Crippen LogP contribution is -2.34. The van der Waals surface area contributed by atoms with Gasteiger partial charge in [-0.2, -0.15) is 5.26 Å². The summed E-state index contributed by atoms with van der Waals surface area (Å²) in [5.41, 5.74) is 1.98. The number of oxazole rings is 1. The molecular weight excluding hydrogens is 306 g/mol. The second kappa shape index (κ2) is 7.20. The first kappa shape index (κ1) is 16.1. The van der Waals surface area contributed by atoms with Crippen LogP contribution in [-0.2, 0) is 6.54 Å². The molecule has 23 heavy (non-hydrogen) atoms. The Morgan fingerprint density at radius 1 is 1.39 bits per heavy atom. The third-order valence-electron chi connectivity index (χ3n) is 4.29. The van der Waals surface area contributed by atoms with Crippen molar-refractivity contribution in [3.8, 4) is 17.5 Å². The molecule has 1 saturated heterocycles. The zero-order chi connectivity index (χ0) is 16.2. The van der Waals surface area contributed by atoms with Crippen molar-refractivity contribution in [2.45, 2.75) is 31.2 Å². The molecule has 0 radical (unpaired) electrons. The van der Waals surface area contributed by atoms with Crippen LogP contribution in [0.5, 0.6) is 0 Å². The quantitative estimate of drug-likeness (QED) is 0.791. The van der Waals surface area contributed by atoms with Gasteiger partial charge in [-0.1, -0.05) is 0 Å². The first-order chi connectivity index (χ1) is 11.2. The molecule has 2 aromatic rings. The highest BCUT2D eigenvalue weighted by atomic mass is 32.2. The molecule has 1 aromatic carbocycles. The van der Waals surface area contributed by atoms with Gasteiger partial charge in [-0.15, -0.1) is 11.8 Å². The molecule has 1 aromatic heterocycles. The number of benzene rings is 1. The van der Waals surface area contributed by atoms with E-state index in [0.29, 0.717) is 5.89 Å². The monoisotopic (exact) mass is 327 g/mol. The number of piperidine rings is 1. The third-order valence-corrected chi connectivity index (χ3v) is 5.03. The van der Waals surface area contributed by atoms with Crippen molar-refractivity contribution >= 4 is 11.8 Å².